The summed E-state index contributed by atoms with van der Waals surface area (Å²) < 4.78 is 66.8. The van der Waals surface area contributed by atoms with E-state index >= 15 is 0 Å². The highest BCUT2D eigenvalue weighted by Gasteiger charge is 2.30. The molecule has 2 aromatic carbocycles. The summed E-state index contributed by atoms with van der Waals surface area (Å²) in [4.78, 5) is 12.3. The number of rotatable bonds is 3. The van der Waals surface area contributed by atoms with Crippen LogP contribution in [0.2, 0.25) is 0 Å². The Morgan fingerprint density at radius 2 is 1.69 bits per heavy atom. The molecule has 1 aliphatic heterocycles. The molecule has 0 saturated carbocycles. The van der Waals surface area contributed by atoms with Gasteiger partial charge in [0.15, 0.2) is 29.1 Å². The molecule has 1 fully saturated rings. The molecule has 3 nitrogen and oxygen atoms in total. The highest BCUT2D eigenvalue weighted by Crippen LogP contribution is 2.27. The SMILES string of the molecule is O=C(NC1CNCCC1c1ccc(F)c(F)c1)c1ccc(F)c(F)c1F. The van der Waals surface area contributed by atoms with Gasteiger partial charge in [-0.2, -0.15) is 0 Å². The van der Waals surface area contributed by atoms with Crippen LogP contribution in [0.3, 0.4) is 0 Å². The highest BCUT2D eigenvalue weighted by atomic mass is 19.2. The van der Waals surface area contributed by atoms with E-state index in [2.05, 4.69) is 10.6 Å². The van der Waals surface area contributed by atoms with Crippen molar-refractivity contribution in [2.45, 2.75) is 18.4 Å². The Morgan fingerprint density at radius 1 is 0.962 bits per heavy atom. The van der Waals surface area contributed by atoms with Gasteiger partial charge in [0.1, 0.15) is 0 Å². The first kappa shape index (κ1) is 18.3. The summed E-state index contributed by atoms with van der Waals surface area (Å²) in [7, 11) is 0. The van der Waals surface area contributed by atoms with Crippen molar-refractivity contribution in [3.05, 3.63) is 70.5 Å². The molecular weight excluding hydrogens is 355 g/mol. The van der Waals surface area contributed by atoms with Crippen molar-refractivity contribution >= 4 is 5.91 Å². The molecule has 2 N–H and O–H groups in total. The summed E-state index contributed by atoms with van der Waals surface area (Å²) in [5.74, 6) is -7.93. The van der Waals surface area contributed by atoms with Gasteiger partial charge >= 0.3 is 0 Å². The second-order valence-corrected chi connectivity index (χ2v) is 6.08. The topological polar surface area (TPSA) is 41.1 Å². The maximum Gasteiger partial charge on any atom is 0.254 e. The molecule has 138 valence electrons. The molecule has 26 heavy (non-hydrogen) atoms. The number of carbonyl (C=O) groups is 1. The molecule has 0 spiro atoms. The van der Waals surface area contributed by atoms with Crippen LogP contribution in [0.15, 0.2) is 30.3 Å². The molecular formula is C18H15F5N2O. The fraction of sp³-hybridized carbons (Fsp3) is 0.278. The van der Waals surface area contributed by atoms with Crippen molar-refractivity contribution in [3.63, 3.8) is 0 Å². The Morgan fingerprint density at radius 3 is 2.42 bits per heavy atom. The maximum absolute atomic E-state index is 13.8. The third-order valence-corrected chi connectivity index (χ3v) is 4.45. The van der Waals surface area contributed by atoms with Crippen LogP contribution < -0.4 is 10.6 Å². The smallest absolute Gasteiger partial charge is 0.254 e. The van der Waals surface area contributed by atoms with E-state index in [1.165, 1.54) is 6.07 Å². The van der Waals surface area contributed by atoms with Gasteiger partial charge in [-0.1, -0.05) is 6.07 Å². The lowest BCUT2D eigenvalue weighted by Gasteiger charge is -2.33. The predicted octanol–water partition coefficient (Wildman–Crippen LogP) is 3.26. The molecule has 0 bridgehead atoms. The van der Waals surface area contributed by atoms with E-state index in [-0.39, 0.29) is 5.92 Å². The summed E-state index contributed by atoms with van der Waals surface area (Å²) in [6, 6.07) is 4.44. The third-order valence-electron chi connectivity index (χ3n) is 4.45. The van der Waals surface area contributed by atoms with Crippen molar-refractivity contribution in [1.82, 2.24) is 10.6 Å². The number of nitrogens with one attached hydrogen (secondary N) is 2. The normalized spacial score (nSPS) is 20.0. The lowest BCUT2D eigenvalue weighted by atomic mass is 9.85. The molecule has 0 aromatic heterocycles. The van der Waals surface area contributed by atoms with Crippen molar-refractivity contribution in [2.24, 2.45) is 0 Å². The Hall–Kier alpha value is -2.48. The standard InChI is InChI=1S/C18H15F5N2O/c19-12-3-1-9(7-14(12)21)10-5-6-24-8-15(10)25-18(26)11-2-4-13(20)17(23)16(11)22/h1-4,7,10,15,24H,5-6,8H2,(H,25,26). The Balaban J connectivity index is 1.83. The van der Waals surface area contributed by atoms with Crippen LogP contribution in [0.4, 0.5) is 22.0 Å². The summed E-state index contributed by atoms with van der Waals surface area (Å²) >= 11 is 0. The lowest BCUT2D eigenvalue weighted by Crippen LogP contribution is -2.50. The van der Waals surface area contributed by atoms with Gasteiger partial charge in [0, 0.05) is 18.5 Å². The van der Waals surface area contributed by atoms with Gasteiger partial charge in [0.25, 0.3) is 5.91 Å². The zero-order valence-corrected chi connectivity index (χ0v) is 13.5. The molecule has 1 heterocycles. The Labute approximate surface area is 146 Å². The van der Waals surface area contributed by atoms with E-state index < -0.39 is 46.6 Å². The van der Waals surface area contributed by atoms with Crippen LogP contribution in [-0.4, -0.2) is 25.0 Å². The molecule has 1 saturated heterocycles. The maximum atomic E-state index is 13.8. The Kier molecular flexibility index (Phi) is 5.22. The Bertz CT molecular complexity index is 843. The molecule has 2 atom stereocenters. The lowest BCUT2D eigenvalue weighted by molar-refractivity contribution is 0.0919. The minimum atomic E-state index is -1.73. The van der Waals surface area contributed by atoms with Gasteiger partial charge < -0.3 is 10.6 Å². The van der Waals surface area contributed by atoms with Gasteiger partial charge in [-0.15, -0.1) is 0 Å². The van der Waals surface area contributed by atoms with Crippen molar-refractivity contribution in [2.75, 3.05) is 13.1 Å². The fourth-order valence-corrected chi connectivity index (χ4v) is 3.10. The number of benzene rings is 2. The summed E-state index contributed by atoms with van der Waals surface area (Å²) in [6.07, 6.45) is 0.524. The monoisotopic (exact) mass is 370 g/mol. The number of hydrogen-bond acceptors (Lipinski definition) is 2. The van der Waals surface area contributed by atoms with Gasteiger partial charge in [-0.25, -0.2) is 22.0 Å². The van der Waals surface area contributed by atoms with Crippen molar-refractivity contribution in [1.29, 1.82) is 0 Å². The first-order valence-electron chi connectivity index (χ1n) is 7.98. The highest BCUT2D eigenvalue weighted by molar-refractivity contribution is 5.94. The number of hydrogen-bond donors (Lipinski definition) is 2. The molecule has 3 rings (SSSR count). The van der Waals surface area contributed by atoms with E-state index in [0.29, 0.717) is 31.1 Å². The van der Waals surface area contributed by atoms with Gasteiger partial charge in [-0.3, -0.25) is 4.79 Å². The fourth-order valence-electron chi connectivity index (χ4n) is 3.10. The molecule has 1 amide bonds. The zero-order valence-electron chi connectivity index (χ0n) is 13.5. The van der Waals surface area contributed by atoms with Gasteiger partial charge in [0.2, 0.25) is 0 Å². The minimum Gasteiger partial charge on any atom is -0.347 e. The number of halogens is 5. The van der Waals surface area contributed by atoms with E-state index in [4.69, 9.17) is 0 Å². The second kappa shape index (κ2) is 7.41. The molecule has 8 heteroatoms. The number of carbonyl (C=O) groups excluding carboxylic acids is 1. The average molecular weight is 370 g/mol. The summed E-state index contributed by atoms with van der Waals surface area (Å²) in [6.45, 7) is 0.899. The molecule has 0 radical (unpaired) electrons. The van der Waals surface area contributed by atoms with Crippen molar-refractivity contribution in [3.8, 4) is 0 Å². The number of piperidine rings is 1. The zero-order chi connectivity index (χ0) is 18.8. The average Bonchev–Trinajstić information content (AvgIpc) is 2.62. The third kappa shape index (κ3) is 3.55. The van der Waals surface area contributed by atoms with Crippen LogP contribution in [0.5, 0.6) is 0 Å². The van der Waals surface area contributed by atoms with Crippen LogP contribution >= 0.6 is 0 Å². The first-order valence-corrected chi connectivity index (χ1v) is 7.98. The van der Waals surface area contributed by atoms with Crippen molar-refractivity contribution < 1.29 is 26.7 Å². The van der Waals surface area contributed by atoms with Crippen LogP contribution in [0, 0.1) is 29.1 Å². The van der Waals surface area contributed by atoms with Crippen LogP contribution in [0.25, 0.3) is 0 Å². The number of amides is 1. The summed E-state index contributed by atoms with van der Waals surface area (Å²) in [5.41, 5.74) is -0.139. The van der Waals surface area contributed by atoms with E-state index in [9.17, 15) is 26.7 Å². The summed E-state index contributed by atoms with van der Waals surface area (Å²) in [5, 5.41) is 5.60. The predicted molar refractivity (Wildman–Crippen MR) is 84.2 cm³/mol. The van der Waals surface area contributed by atoms with E-state index in [1.54, 1.807) is 0 Å². The largest absolute Gasteiger partial charge is 0.347 e. The van der Waals surface area contributed by atoms with Crippen LogP contribution in [-0.2, 0) is 0 Å². The molecule has 1 aliphatic rings. The first-order chi connectivity index (χ1) is 12.4. The van der Waals surface area contributed by atoms with Gasteiger partial charge in [-0.05, 0) is 42.8 Å². The quantitative estimate of drug-likeness (QED) is 0.643. The molecule has 2 unspecified atom stereocenters. The molecule has 2 aromatic rings. The van der Waals surface area contributed by atoms with Crippen LogP contribution in [0.1, 0.15) is 28.3 Å². The van der Waals surface area contributed by atoms with Gasteiger partial charge in [0.05, 0.1) is 5.56 Å². The minimum absolute atomic E-state index is 0.306. The van der Waals surface area contributed by atoms with E-state index in [1.807, 2.05) is 0 Å². The van der Waals surface area contributed by atoms with E-state index in [0.717, 1.165) is 18.2 Å². The second-order valence-electron chi connectivity index (χ2n) is 6.08. The molecule has 0 aliphatic carbocycles.